The van der Waals surface area contributed by atoms with E-state index in [-0.39, 0.29) is 29.8 Å². The molecule has 0 bridgehead atoms. The summed E-state index contributed by atoms with van der Waals surface area (Å²) in [5.41, 5.74) is -2.92. The van der Waals surface area contributed by atoms with Gasteiger partial charge < -0.3 is 25.3 Å². The van der Waals surface area contributed by atoms with Crippen molar-refractivity contribution in [2.75, 3.05) is 13.1 Å². The fourth-order valence-electron chi connectivity index (χ4n) is 6.06. The number of aromatic hydroxyl groups is 1. The van der Waals surface area contributed by atoms with Gasteiger partial charge in [-0.2, -0.15) is 0 Å². The zero-order valence-electron chi connectivity index (χ0n) is 21.3. The number of halogens is 3. The lowest BCUT2D eigenvalue weighted by Gasteiger charge is -2.54. The average Bonchev–Trinajstić information content (AvgIpc) is 3.57. The van der Waals surface area contributed by atoms with Crippen molar-refractivity contribution in [2.24, 2.45) is 0 Å². The second-order valence-corrected chi connectivity index (χ2v) is 10.6. The van der Waals surface area contributed by atoms with Crippen LogP contribution >= 0.6 is 0 Å². The molecule has 1 saturated carbocycles. The second kappa shape index (κ2) is 8.84. The van der Waals surface area contributed by atoms with Crippen LogP contribution in [0.3, 0.4) is 0 Å². The number of hydrogen-bond donors (Lipinski definition) is 3. The number of aliphatic hydroxyl groups is 1. The molecule has 2 saturated heterocycles. The number of aliphatic hydroxyl groups excluding tert-OH is 1. The van der Waals surface area contributed by atoms with Crippen LogP contribution in [-0.2, 0) is 9.59 Å². The Labute approximate surface area is 222 Å². The SMILES string of the molecule is C=CCN1C(=O)C2N(C(=O)[C@@H](O)[C@@]3(NC(=O)c4cccc(O)c4C)CC3c3cccc(F)c3)CC(F)(F)C21C. The van der Waals surface area contributed by atoms with E-state index < -0.39 is 65.1 Å². The summed E-state index contributed by atoms with van der Waals surface area (Å²) in [6.07, 6.45) is -0.696. The molecule has 0 aromatic heterocycles. The summed E-state index contributed by atoms with van der Waals surface area (Å²) in [4.78, 5) is 41.4. The minimum absolute atomic E-state index is 0.00959. The maximum Gasteiger partial charge on any atom is 0.290 e. The number of nitrogens with one attached hydrogen (secondary N) is 1. The van der Waals surface area contributed by atoms with Gasteiger partial charge in [-0.15, -0.1) is 6.58 Å². The number of β-lactam (4-membered cyclic amide) rings is 1. The van der Waals surface area contributed by atoms with Gasteiger partial charge in [0.25, 0.3) is 17.7 Å². The molecule has 3 amide bonds. The molecular formula is C28H28F3N3O5. The van der Waals surface area contributed by atoms with Gasteiger partial charge in [-0.3, -0.25) is 14.4 Å². The number of fused-ring (bicyclic) bond motifs is 1. The van der Waals surface area contributed by atoms with Gasteiger partial charge in [0.15, 0.2) is 6.10 Å². The van der Waals surface area contributed by atoms with Gasteiger partial charge in [0.05, 0.1) is 12.1 Å². The van der Waals surface area contributed by atoms with E-state index in [1.165, 1.54) is 56.3 Å². The first-order valence-corrected chi connectivity index (χ1v) is 12.5. The maximum atomic E-state index is 15.2. The summed E-state index contributed by atoms with van der Waals surface area (Å²) in [5.74, 6) is -7.45. The van der Waals surface area contributed by atoms with E-state index in [2.05, 4.69) is 11.9 Å². The number of phenols is 1. The van der Waals surface area contributed by atoms with E-state index in [4.69, 9.17) is 0 Å². The molecule has 206 valence electrons. The number of carbonyl (C=O) groups excluding carboxylic acids is 3. The van der Waals surface area contributed by atoms with Crippen molar-refractivity contribution in [1.82, 2.24) is 15.1 Å². The molecule has 0 radical (unpaired) electrons. The number of phenolic OH excluding ortho intramolecular Hbond substituents is 1. The first kappa shape index (κ1) is 26.7. The molecule has 39 heavy (non-hydrogen) atoms. The molecule has 2 aromatic carbocycles. The van der Waals surface area contributed by atoms with Crippen LogP contribution in [-0.4, -0.2) is 80.0 Å². The Kier molecular flexibility index (Phi) is 6.06. The predicted octanol–water partition coefficient (Wildman–Crippen LogP) is 2.49. The first-order valence-electron chi connectivity index (χ1n) is 12.5. The number of hydrogen-bond acceptors (Lipinski definition) is 5. The number of amides is 3. The maximum absolute atomic E-state index is 15.2. The van der Waals surface area contributed by atoms with Crippen LogP contribution in [0.4, 0.5) is 13.2 Å². The average molecular weight is 544 g/mol. The van der Waals surface area contributed by atoms with Gasteiger partial charge in [0.1, 0.15) is 23.1 Å². The number of alkyl halides is 2. The highest BCUT2D eigenvalue weighted by Gasteiger charge is 2.78. The molecular weight excluding hydrogens is 515 g/mol. The topological polar surface area (TPSA) is 110 Å². The fraction of sp³-hybridized carbons (Fsp3) is 0.393. The predicted molar refractivity (Wildman–Crippen MR) is 134 cm³/mol. The largest absolute Gasteiger partial charge is 0.508 e. The van der Waals surface area contributed by atoms with Crippen molar-refractivity contribution in [2.45, 2.75) is 55.3 Å². The van der Waals surface area contributed by atoms with Crippen LogP contribution in [0.1, 0.15) is 40.7 Å². The molecule has 0 spiro atoms. The van der Waals surface area contributed by atoms with E-state index in [0.29, 0.717) is 10.5 Å². The van der Waals surface area contributed by atoms with Crippen LogP contribution in [0.25, 0.3) is 0 Å². The molecule has 2 aliphatic heterocycles. The van der Waals surface area contributed by atoms with Gasteiger partial charge in [0, 0.05) is 23.6 Å². The lowest BCUT2D eigenvalue weighted by molar-refractivity contribution is -0.189. The lowest BCUT2D eigenvalue weighted by Crippen LogP contribution is -2.78. The molecule has 1 aliphatic carbocycles. The van der Waals surface area contributed by atoms with Crippen LogP contribution in [0.15, 0.2) is 55.1 Å². The second-order valence-electron chi connectivity index (χ2n) is 10.6. The molecule has 3 N–H and O–H groups in total. The van der Waals surface area contributed by atoms with E-state index in [9.17, 15) is 29.0 Å². The van der Waals surface area contributed by atoms with Crippen molar-refractivity contribution in [3.63, 3.8) is 0 Å². The summed E-state index contributed by atoms with van der Waals surface area (Å²) in [6.45, 7) is 4.98. The van der Waals surface area contributed by atoms with Gasteiger partial charge in [-0.05, 0) is 50.1 Å². The summed E-state index contributed by atoms with van der Waals surface area (Å²) < 4.78 is 44.5. The minimum atomic E-state index is -3.47. The molecule has 2 aromatic rings. The standard InChI is InChI=1S/C28H28F3N3O5/c1-4-11-34-24(38)21-26(34,3)28(30,31)14-33(21)25(39)22(36)27(13-19(27)16-7-5-8-17(29)12-16)32-23(37)18-9-6-10-20(35)15(18)2/h4-10,12,19,21-22,35-36H,1,11,13-14H2,2-3H3,(H,32,37)/t19?,21?,22-,26?,27-/m1/s1. The Morgan fingerprint density at radius 2 is 1.95 bits per heavy atom. The smallest absolute Gasteiger partial charge is 0.290 e. The van der Waals surface area contributed by atoms with Gasteiger partial charge in [-0.1, -0.05) is 24.3 Å². The zero-order valence-corrected chi connectivity index (χ0v) is 21.3. The van der Waals surface area contributed by atoms with Crippen molar-refractivity contribution >= 4 is 17.7 Å². The van der Waals surface area contributed by atoms with Gasteiger partial charge in [0.2, 0.25) is 5.91 Å². The summed E-state index contributed by atoms with van der Waals surface area (Å²) in [7, 11) is 0. The molecule has 3 unspecified atom stereocenters. The summed E-state index contributed by atoms with van der Waals surface area (Å²) >= 11 is 0. The van der Waals surface area contributed by atoms with Gasteiger partial charge >= 0.3 is 0 Å². The highest BCUT2D eigenvalue weighted by molar-refractivity contribution is 6.00. The van der Waals surface area contributed by atoms with E-state index in [1.54, 1.807) is 6.07 Å². The summed E-state index contributed by atoms with van der Waals surface area (Å²) in [5, 5.41) is 24.1. The number of benzene rings is 2. The number of carbonyl (C=O) groups is 3. The number of rotatable bonds is 7. The highest BCUT2D eigenvalue weighted by atomic mass is 19.3. The molecule has 3 aliphatic rings. The monoisotopic (exact) mass is 543 g/mol. The van der Waals surface area contributed by atoms with Crippen LogP contribution in [0.5, 0.6) is 5.75 Å². The fourth-order valence-corrected chi connectivity index (χ4v) is 6.06. The third-order valence-corrected chi connectivity index (χ3v) is 8.48. The van der Waals surface area contributed by atoms with Crippen molar-refractivity contribution < 1.29 is 37.8 Å². The molecule has 5 atom stereocenters. The Hall–Kier alpha value is -3.86. The van der Waals surface area contributed by atoms with E-state index in [0.717, 1.165) is 4.90 Å². The van der Waals surface area contributed by atoms with Crippen molar-refractivity contribution in [3.8, 4) is 5.75 Å². The van der Waals surface area contributed by atoms with Crippen molar-refractivity contribution in [1.29, 1.82) is 0 Å². The molecule has 11 heteroatoms. The van der Waals surface area contributed by atoms with Crippen LogP contribution in [0, 0.1) is 12.7 Å². The molecule has 2 heterocycles. The van der Waals surface area contributed by atoms with Crippen molar-refractivity contribution in [3.05, 3.63) is 77.6 Å². The zero-order chi connectivity index (χ0) is 28.5. The molecule has 3 fully saturated rings. The van der Waals surface area contributed by atoms with Crippen LogP contribution in [0.2, 0.25) is 0 Å². The Morgan fingerprint density at radius 1 is 1.26 bits per heavy atom. The summed E-state index contributed by atoms with van der Waals surface area (Å²) in [6, 6.07) is 8.23. The molecule has 5 rings (SSSR count). The Bertz CT molecular complexity index is 1400. The quantitative estimate of drug-likeness (QED) is 0.367. The number of likely N-dealkylation sites (tertiary alicyclic amines) is 2. The minimum Gasteiger partial charge on any atom is -0.508 e. The normalized spacial score (nSPS) is 29.3. The third-order valence-electron chi connectivity index (χ3n) is 8.48. The third kappa shape index (κ3) is 3.74. The highest BCUT2D eigenvalue weighted by Crippen LogP contribution is 2.56. The van der Waals surface area contributed by atoms with Gasteiger partial charge in [-0.25, -0.2) is 13.2 Å². The Balaban J connectivity index is 1.48. The first-order chi connectivity index (χ1) is 18.3. The van der Waals surface area contributed by atoms with E-state index in [1.807, 2.05) is 0 Å². The van der Waals surface area contributed by atoms with E-state index >= 15 is 8.78 Å². The Morgan fingerprint density at radius 3 is 2.62 bits per heavy atom. The number of nitrogens with zero attached hydrogens (tertiary/aromatic N) is 2. The van der Waals surface area contributed by atoms with Crippen LogP contribution < -0.4 is 5.32 Å². The molecule has 8 nitrogen and oxygen atoms in total. The lowest BCUT2D eigenvalue weighted by atomic mass is 9.78.